The van der Waals surface area contributed by atoms with Crippen molar-refractivity contribution in [1.82, 2.24) is 9.96 Å². The average molecular weight is 365 g/mol. The van der Waals surface area contributed by atoms with Gasteiger partial charge in [0.05, 0.1) is 12.7 Å². The van der Waals surface area contributed by atoms with Gasteiger partial charge < -0.3 is 4.74 Å². The minimum atomic E-state index is 0.0460. The summed E-state index contributed by atoms with van der Waals surface area (Å²) in [5, 5.41) is 1.64. The highest BCUT2D eigenvalue weighted by molar-refractivity contribution is 7.11. The molecule has 1 aromatic heterocycles. The number of fused-ring (bicyclic) bond motifs is 1. The number of rotatable bonds is 3. The van der Waals surface area contributed by atoms with Crippen LogP contribution in [-0.2, 0) is 20.9 Å². The fourth-order valence-corrected chi connectivity index (χ4v) is 5.31. The summed E-state index contributed by atoms with van der Waals surface area (Å²) >= 11 is 1.87. The number of carbonyl (C=O) groups is 1. The van der Waals surface area contributed by atoms with Crippen molar-refractivity contribution in [3.63, 3.8) is 0 Å². The van der Waals surface area contributed by atoms with Gasteiger partial charge in [0.15, 0.2) is 0 Å². The molecule has 3 aliphatic heterocycles. The lowest BCUT2D eigenvalue weighted by molar-refractivity contribution is -0.209. The number of hydrogen-bond acceptors (Lipinski definition) is 5. The maximum absolute atomic E-state index is 13.0. The third-order valence-corrected chi connectivity index (χ3v) is 6.68. The number of aryl methyl sites for hydroxylation is 1. The molecule has 3 fully saturated rings. The average Bonchev–Trinajstić information content (AvgIpc) is 3.06. The first-order valence-electron chi connectivity index (χ1n) is 9.54. The molecule has 3 atom stereocenters. The highest BCUT2D eigenvalue weighted by Crippen LogP contribution is 2.35. The lowest BCUT2D eigenvalue weighted by atomic mass is 9.79. The monoisotopic (exact) mass is 364 g/mol. The second kappa shape index (κ2) is 7.74. The molecule has 1 aromatic rings. The molecular formula is C19H28N2O3S. The van der Waals surface area contributed by atoms with Gasteiger partial charge in [-0.05, 0) is 44.7 Å². The highest BCUT2D eigenvalue weighted by atomic mass is 32.1. The zero-order chi connectivity index (χ0) is 17.2. The van der Waals surface area contributed by atoms with Crippen molar-refractivity contribution >= 4 is 17.2 Å². The van der Waals surface area contributed by atoms with Crippen LogP contribution >= 0.6 is 11.3 Å². The van der Waals surface area contributed by atoms with Gasteiger partial charge in [0.25, 0.3) is 0 Å². The Kier molecular flexibility index (Phi) is 5.41. The normalized spacial score (nSPS) is 30.9. The van der Waals surface area contributed by atoms with Crippen LogP contribution in [0, 0.1) is 18.8 Å². The van der Waals surface area contributed by atoms with Gasteiger partial charge in [-0.2, -0.15) is 0 Å². The van der Waals surface area contributed by atoms with Gasteiger partial charge >= 0.3 is 0 Å². The van der Waals surface area contributed by atoms with Crippen molar-refractivity contribution in [3.8, 4) is 0 Å². The smallest absolute Gasteiger partial charge is 0.249 e. The van der Waals surface area contributed by atoms with E-state index in [4.69, 9.17) is 9.57 Å². The summed E-state index contributed by atoms with van der Waals surface area (Å²) in [4.78, 5) is 23.9. The summed E-state index contributed by atoms with van der Waals surface area (Å²) in [6.45, 7) is 7.27. The Labute approximate surface area is 153 Å². The quantitative estimate of drug-likeness (QED) is 0.827. The number of hydrogen-bond donors (Lipinski definition) is 0. The van der Waals surface area contributed by atoms with E-state index in [0.717, 1.165) is 51.9 Å². The van der Waals surface area contributed by atoms with Crippen LogP contribution in [0.2, 0.25) is 0 Å². The summed E-state index contributed by atoms with van der Waals surface area (Å²) in [6.07, 6.45) is 4.18. The molecule has 25 heavy (non-hydrogen) atoms. The van der Waals surface area contributed by atoms with Crippen LogP contribution < -0.4 is 0 Å². The largest absolute Gasteiger partial charge is 0.378 e. The number of amides is 1. The minimum absolute atomic E-state index is 0.0460. The molecule has 0 radical (unpaired) electrons. The molecule has 138 valence electrons. The zero-order valence-corrected chi connectivity index (χ0v) is 15.8. The molecule has 0 aliphatic carbocycles. The number of thiophene rings is 1. The predicted molar refractivity (Wildman–Crippen MR) is 97.2 cm³/mol. The van der Waals surface area contributed by atoms with Crippen LogP contribution in [0.4, 0.5) is 0 Å². The maximum Gasteiger partial charge on any atom is 0.249 e. The van der Waals surface area contributed by atoms with Gasteiger partial charge in [-0.25, -0.2) is 5.06 Å². The Morgan fingerprint density at radius 2 is 2.16 bits per heavy atom. The van der Waals surface area contributed by atoms with E-state index in [2.05, 4.69) is 24.0 Å². The zero-order valence-electron chi connectivity index (χ0n) is 15.0. The van der Waals surface area contributed by atoms with Gasteiger partial charge in [-0.15, -0.1) is 11.3 Å². The molecule has 0 spiro atoms. The fraction of sp³-hybridized carbons (Fsp3) is 0.737. The van der Waals surface area contributed by atoms with Crippen LogP contribution in [0.1, 0.15) is 35.4 Å². The summed E-state index contributed by atoms with van der Waals surface area (Å²) in [7, 11) is 0. The number of likely N-dealkylation sites (tertiary alicyclic amines) is 1. The van der Waals surface area contributed by atoms with Crippen LogP contribution in [0.15, 0.2) is 12.1 Å². The molecule has 0 saturated carbocycles. The standard InChI is InChI=1S/C19H28N2O3S/c1-14-4-5-15(25-14)12-20-9-6-18-17(13-20)16(7-11-23-18)19(22)21-8-2-3-10-24-21/h4-5,16-18H,2-3,6-13H2,1H3/t16-,17+,18-/m0/s1. The van der Waals surface area contributed by atoms with E-state index in [9.17, 15) is 4.79 Å². The molecular weight excluding hydrogens is 336 g/mol. The van der Waals surface area contributed by atoms with Crippen molar-refractivity contribution in [2.75, 3.05) is 32.8 Å². The first-order valence-corrected chi connectivity index (χ1v) is 10.4. The summed E-state index contributed by atoms with van der Waals surface area (Å²) in [6, 6.07) is 4.42. The highest BCUT2D eigenvalue weighted by Gasteiger charge is 2.43. The Balaban J connectivity index is 1.43. The number of ether oxygens (including phenoxy) is 1. The van der Waals surface area contributed by atoms with E-state index in [0.29, 0.717) is 19.1 Å². The van der Waals surface area contributed by atoms with Crippen molar-refractivity contribution in [2.24, 2.45) is 11.8 Å². The molecule has 0 N–H and O–H groups in total. The first kappa shape index (κ1) is 17.5. The lowest BCUT2D eigenvalue weighted by Gasteiger charge is -2.45. The SMILES string of the molecule is Cc1ccc(CN2CC[C@@H]3OCC[C@H](C(=O)N4CCCCO4)[C@H]3C2)s1. The predicted octanol–water partition coefficient (Wildman–Crippen LogP) is 2.84. The summed E-state index contributed by atoms with van der Waals surface area (Å²) in [5.74, 6) is 0.526. The van der Waals surface area contributed by atoms with Crippen LogP contribution in [0.3, 0.4) is 0 Å². The van der Waals surface area contributed by atoms with Gasteiger partial charge in [-0.1, -0.05) is 0 Å². The van der Waals surface area contributed by atoms with E-state index in [1.807, 2.05) is 11.3 Å². The molecule has 5 nitrogen and oxygen atoms in total. The van der Waals surface area contributed by atoms with Gasteiger partial charge in [0.2, 0.25) is 5.91 Å². The minimum Gasteiger partial charge on any atom is -0.378 e. The number of nitrogens with zero attached hydrogens (tertiary/aromatic N) is 2. The molecule has 4 heterocycles. The Bertz CT molecular complexity index is 599. The van der Waals surface area contributed by atoms with E-state index >= 15 is 0 Å². The van der Waals surface area contributed by atoms with Gasteiger partial charge in [-0.3, -0.25) is 14.5 Å². The third-order valence-electron chi connectivity index (χ3n) is 5.70. The van der Waals surface area contributed by atoms with Crippen molar-refractivity contribution in [3.05, 3.63) is 21.9 Å². The lowest BCUT2D eigenvalue weighted by Crippen LogP contribution is -2.54. The second-order valence-electron chi connectivity index (χ2n) is 7.49. The molecule has 3 aliphatic rings. The van der Waals surface area contributed by atoms with Crippen LogP contribution in [0.25, 0.3) is 0 Å². The van der Waals surface area contributed by atoms with Crippen LogP contribution in [0.5, 0.6) is 0 Å². The number of carbonyl (C=O) groups excluding carboxylic acids is 1. The maximum atomic E-state index is 13.0. The van der Waals surface area contributed by atoms with Gasteiger partial charge in [0, 0.05) is 54.4 Å². The van der Waals surface area contributed by atoms with Crippen LogP contribution in [-0.4, -0.2) is 54.8 Å². The fourth-order valence-electron chi connectivity index (χ4n) is 4.38. The second-order valence-corrected chi connectivity index (χ2v) is 8.86. The third kappa shape index (κ3) is 3.92. The summed E-state index contributed by atoms with van der Waals surface area (Å²) < 4.78 is 6.02. The Morgan fingerprint density at radius 1 is 1.24 bits per heavy atom. The van der Waals surface area contributed by atoms with E-state index < -0.39 is 0 Å². The molecule has 6 heteroatoms. The van der Waals surface area contributed by atoms with Crippen molar-refractivity contribution in [2.45, 2.75) is 45.3 Å². The van der Waals surface area contributed by atoms with Crippen molar-refractivity contribution in [1.29, 1.82) is 0 Å². The molecule has 3 saturated heterocycles. The molecule has 4 rings (SSSR count). The molecule has 0 bridgehead atoms. The molecule has 0 aromatic carbocycles. The van der Waals surface area contributed by atoms with E-state index in [1.54, 1.807) is 5.06 Å². The Hall–Kier alpha value is -0.950. The van der Waals surface area contributed by atoms with E-state index in [1.165, 1.54) is 9.75 Å². The van der Waals surface area contributed by atoms with Gasteiger partial charge in [0.1, 0.15) is 0 Å². The number of piperidine rings is 1. The Morgan fingerprint density at radius 3 is 2.92 bits per heavy atom. The number of hydroxylamine groups is 2. The van der Waals surface area contributed by atoms with Crippen molar-refractivity contribution < 1.29 is 14.4 Å². The molecule has 0 unspecified atom stereocenters. The van der Waals surface area contributed by atoms with E-state index in [-0.39, 0.29) is 17.9 Å². The first-order chi connectivity index (χ1) is 12.2. The summed E-state index contributed by atoms with van der Waals surface area (Å²) in [5.41, 5.74) is 0. The molecule has 1 amide bonds. The topological polar surface area (TPSA) is 42.0 Å².